The summed E-state index contributed by atoms with van der Waals surface area (Å²) in [5, 5.41) is 2.72. The lowest BCUT2D eigenvalue weighted by molar-refractivity contribution is 0.577. The van der Waals surface area contributed by atoms with Gasteiger partial charge in [-0.25, -0.2) is 35.7 Å². The van der Waals surface area contributed by atoms with Gasteiger partial charge in [0.15, 0.2) is 0 Å². The second-order valence-corrected chi connectivity index (χ2v) is 8.86. The van der Waals surface area contributed by atoms with Crippen LogP contribution in [-0.4, -0.2) is 14.4 Å². The Kier molecular flexibility index (Phi) is 5.64. The molecule has 1 heterocycles. The maximum Gasteiger partial charge on any atom is 0.266 e. The summed E-state index contributed by atoms with van der Waals surface area (Å²) >= 11 is 0. The highest BCUT2D eigenvalue weighted by molar-refractivity contribution is 7.90. The monoisotopic (exact) mass is 463 g/mol. The van der Waals surface area contributed by atoms with E-state index < -0.39 is 39.2 Å². The van der Waals surface area contributed by atoms with E-state index in [1.165, 1.54) is 18.2 Å². The number of nitrogens with zero attached hydrogens (tertiary/aromatic N) is 1. The minimum atomic E-state index is -4.15. The first-order valence-corrected chi connectivity index (χ1v) is 11.0. The molecule has 4 rings (SSSR count). The SMILES string of the molecule is CC(c1ccccc1F)c1c(F)ccc2c1NC(=NCc1cc(F)ccc1F)NS2(=O)=O. The van der Waals surface area contributed by atoms with Crippen LogP contribution < -0.4 is 10.0 Å². The zero-order valence-corrected chi connectivity index (χ0v) is 17.5. The van der Waals surface area contributed by atoms with Crippen LogP contribution in [0, 0.1) is 23.3 Å². The van der Waals surface area contributed by atoms with Crippen molar-refractivity contribution in [3.05, 3.63) is 94.6 Å². The van der Waals surface area contributed by atoms with Crippen LogP contribution in [0.2, 0.25) is 0 Å². The van der Waals surface area contributed by atoms with Crippen LogP contribution in [-0.2, 0) is 16.6 Å². The molecule has 166 valence electrons. The fourth-order valence-electron chi connectivity index (χ4n) is 3.56. The predicted molar refractivity (Wildman–Crippen MR) is 112 cm³/mol. The molecule has 2 N–H and O–H groups in total. The Labute approximate surface area is 181 Å². The summed E-state index contributed by atoms with van der Waals surface area (Å²) in [7, 11) is -4.15. The van der Waals surface area contributed by atoms with Crippen LogP contribution in [0.15, 0.2) is 64.5 Å². The number of aliphatic imine (C=N–C) groups is 1. The summed E-state index contributed by atoms with van der Waals surface area (Å²) < 4.78 is 84.2. The lowest BCUT2D eigenvalue weighted by Crippen LogP contribution is -2.41. The topological polar surface area (TPSA) is 70.6 Å². The smallest absolute Gasteiger partial charge is 0.266 e. The van der Waals surface area contributed by atoms with Crippen LogP contribution >= 0.6 is 0 Å². The Hall–Kier alpha value is -3.40. The van der Waals surface area contributed by atoms with Crippen LogP contribution in [0.1, 0.15) is 29.5 Å². The Morgan fingerprint density at radius 1 is 0.938 bits per heavy atom. The molecule has 0 fully saturated rings. The Bertz CT molecular complexity index is 1340. The molecule has 0 saturated heterocycles. The molecule has 3 aromatic rings. The molecule has 0 spiro atoms. The molecule has 32 heavy (non-hydrogen) atoms. The molecule has 0 aliphatic carbocycles. The molecule has 1 aliphatic heterocycles. The van der Waals surface area contributed by atoms with Crippen molar-refractivity contribution in [1.29, 1.82) is 0 Å². The lowest BCUT2D eigenvalue weighted by atomic mass is 9.91. The van der Waals surface area contributed by atoms with Crippen molar-refractivity contribution in [3.63, 3.8) is 0 Å². The van der Waals surface area contributed by atoms with Crippen molar-refractivity contribution in [2.24, 2.45) is 4.99 Å². The maximum absolute atomic E-state index is 14.9. The summed E-state index contributed by atoms with van der Waals surface area (Å²) in [4.78, 5) is 3.74. The van der Waals surface area contributed by atoms with E-state index in [-0.39, 0.29) is 39.8 Å². The van der Waals surface area contributed by atoms with Crippen molar-refractivity contribution in [2.75, 3.05) is 5.32 Å². The number of fused-ring (bicyclic) bond motifs is 1. The van der Waals surface area contributed by atoms with Crippen molar-refractivity contribution in [3.8, 4) is 0 Å². The average Bonchev–Trinajstić information content (AvgIpc) is 2.73. The second-order valence-electron chi connectivity index (χ2n) is 7.21. The normalized spacial score (nSPS) is 16.7. The fourth-order valence-corrected chi connectivity index (χ4v) is 4.72. The molecule has 0 radical (unpaired) electrons. The van der Waals surface area contributed by atoms with Crippen LogP contribution in [0.25, 0.3) is 0 Å². The third-order valence-electron chi connectivity index (χ3n) is 5.14. The number of halogens is 4. The van der Waals surface area contributed by atoms with E-state index in [4.69, 9.17) is 0 Å². The van der Waals surface area contributed by atoms with Gasteiger partial charge in [-0.1, -0.05) is 25.1 Å². The summed E-state index contributed by atoms with van der Waals surface area (Å²) in [5.74, 6) is -3.83. The largest absolute Gasteiger partial charge is 0.324 e. The number of anilines is 1. The fraction of sp³-hybridized carbons (Fsp3) is 0.136. The Morgan fingerprint density at radius 3 is 2.41 bits per heavy atom. The van der Waals surface area contributed by atoms with Gasteiger partial charge in [0.05, 0.1) is 12.2 Å². The first-order chi connectivity index (χ1) is 15.2. The zero-order chi connectivity index (χ0) is 23.0. The lowest BCUT2D eigenvalue weighted by Gasteiger charge is -2.26. The standard InChI is InChI=1S/C22H17F4N3O2S/c1-12(15-4-2-3-5-17(15)25)20-18(26)8-9-19-21(20)28-22(29-32(19,30)31)27-11-13-10-14(23)6-7-16(13)24/h2-10,12H,11H2,1H3,(H2,27,28,29). The van der Waals surface area contributed by atoms with Gasteiger partial charge in [-0.05, 0) is 42.0 Å². The molecule has 3 aromatic carbocycles. The first kappa shape index (κ1) is 21.8. The van der Waals surface area contributed by atoms with E-state index in [0.29, 0.717) is 0 Å². The number of rotatable bonds is 4. The van der Waals surface area contributed by atoms with E-state index in [1.54, 1.807) is 13.0 Å². The molecular weight excluding hydrogens is 446 g/mol. The number of hydrogen-bond donors (Lipinski definition) is 2. The molecule has 0 bridgehead atoms. The minimum Gasteiger partial charge on any atom is -0.324 e. The summed E-state index contributed by atoms with van der Waals surface area (Å²) in [5.41, 5.74) is -0.0818. The van der Waals surface area contributed by atoms with Crippen molar-refractivity contribution < 1.29 is 26.0 Å². The summed E-state index contributed by atoms with van der Waals surface area (Å²) in [6.45, 7) is 1.17. The number of nitrogens with one attached hydrogen (secondary N) is 2. The minimum absolute atomic E-state index is 0.0673. The van der Waals surface area contributed by atoms with Crippen molar-refractivity contribution in [1.82, 2.24) is 4.72 Å². The van der Waals surface area contributed by atoms with Gasteiger partial charge in [-0.3, -0.25) is 0 Å². The van der Waals surface area contributed by atoms with Crippen molar-refractivity contribution in [2.45, 2.75) is 24.3 Å². The summed E-state index contributed by atoms with van der Waals surface area (Å²) in [6, 6.07) is 10.7. The molecule has 1 atom stereocenters. The highest BCUT2D eigenvalue weighted by Gasteiger charge is 2.32. The third kappa shape index (κ3) is 4.05. The zero-order valence-electron chi connectivity index (χ0n) is 16.7. The van der Waals surface area contributed by atoms with E-state index in [1.807, 2.05) is 0 Å². The van der Waals surface area contributed by atoms with Gasteiger partial charge in [0.1, 0.15) is 28.2 Å². The predicted octanol–water partition coefficient (Wildman–Crippen LogP) is 4.65. The third-order valence-corrected chi connectivity index (χ3v) is 6.52. The molecule has 5 nitrogen and oxygen atoms in total. The van der Waals surface area contributed by atoms with Gasteiger partial charge in [-0.15, -0.1) is 0 Å². The van der Waals surface area contributed by atoms with Crippen LogP contribution in [0.3, 0.4) is 0 Å². The van der Waals surface area contributed by atoms with E-state index in [0.717, 1.165) is 30.3 Å². The highest BCUT2D eigenvalue weighted by atomic mass is 32.2. The van der Waals surface area contributed by atoms with E-state index in [9.17, 15) is 26.0 Å². The van der Waals surface area contributed by atoms with Gasteiger partial charge in [-0.2, -0.15) is 0 Å². The van der Waals surface area contributed by atoms with Gasteiger partial charge in [0, 0.05) is 17.0 Å². The molecule has 0 saturated carbocycles. The van der Waals surface area contributed by atoms with Crippen LogP contribution in [0.5, 0.6) is 0 Å². The van der Waals surface area contributed by atoms with Gasteiger partial charge < -0.3 is 5.32 Å². The van der Waals surface area contributed by atoms with Crippen molar-refractivity contribution >= 4 is 21.7 Å². The van der Waals surface area contributed by atoms with Gasteiger partial charge in [0.25, 0.3) is 10.0 Å². The molecular formula is C22H17F4N3O2S. The number of guanidine groups is 1. The summed E-state index contributed by atoms with van der Waals surface area (Å²) in [6.07, 6.45) is 0. The molecule has 0 aromatic heterocycles. The number of hydrogen-bond acceptors (Lipinski definition) is 3. The molecule has 0 amide bonds. The first-order valence-electron chi connectivity index (χ1n) is 9.52. The Balaban J connectivity index is 1.78. The molecule has 1 aliphatic rings. The Morgan fingerprint density at radius 2 is 1.66 bits per heavy atom. The average molecular weight is 463 g/mol. The second kappa shape index (κ2) is 8.27. The molecule has 1 unspecified atom stereocenters. The number of benzene rings is 3. The quantitative estimate of drug-likeness (QED) is 0.553. The maximum atomic E-state index is 14.9. The van der Waals surface area contributed by atoms with Crippen LogP contribution in [0.4, 0.5) is 23.2 Å². The van der Waals surface area contributed by atoms with Gasteiger partial charge >= 0.3 is 0 Å². The van der Waals surface area contributed by atoms with Gasteiger partial charge in [0.2, 0.25) is 5.96 Å². The van der Waals surface area contributed by atoms with E-state index in [2.05, 4.69) is 15.0 Å². The highest BCUT2D eigenvalue weighted by Crippen LogP contribution is 2.38. The van der Waals surface area contributed by atoms with E-state index >= 15 is 0 Å². The number of sulfonamides is 1. The molecule has 10 heteroatoms.